The number of piperazine rings is 1. The van der Waals surface area contributed by atoms with E-state index in [-0.39, 0.29) is 0 Å². The summed E-state index contributed by atoms with van der Waals surface area (Å²) in [6.07, 6.45) is 2.90. The number of hydrogen-bond acceptors (Lipinski definition) is 3. The van der Waals surface area contributed by atoms with Crippen LogP contribution < -0.4 is 5.73 Å². The van der Waals surface area contributed by atoms with Gasteiger partial charge < -0.3 is 10.6 Å². The molecular weight excluding hydrogens is 258 g/mol. The molecule has 19 heavy (non-hydrogen) atoms. The Bertz CT molecular complexity index is 437. The lowest BCUT2D eigenvalue weighted by Gasteiger charge is -2.34. The maximum atomic E-state index is 5.95. The van der Waals surface area contributed by atoms with Gasteiger partial charge in [0.05, 0.1) is 10.7 Å². The second-order valence-electron chi connectivity index (χ2n) is 5.88. The van der Waals surface area contributed by atoms with Crippen molar-refractivity contribution >= 4 is 17.3 Å². The predicted molar refractivity (Wildman–Crippen MR) is 80.3 cm³/mol. The van der Waals surface area contributed by atoms with E-state index >= 15 is 0 Å². The third-order valence-corrected chi connectivity index (χ3v) is 4.49. The molecule has 1 aliphatic carbocycles. The topological polar surface area (TPSA) is 32.5 Å². The highest BCUT2D eigenvalue weighted by Gasteiger charge is 2.26. The molecule has 0 amide bonds. The summed E-state index contributed by atoms with van der Waals surface area (Å²) in [5.74, 6) is 1.00. The number of benzene rings is 1. The van der Waals surface area contributed by atoms with Gasteiger partial charge in [-0.2, -0.15) is 0 Å². The van der Waals surface area contributed by atoms with Crippen molar-refractivity contribution in [3.05, 3.63) is 28.8 Å². The van der Waals surface area contributed by atoms with E-state index in [1.54, 1.807) is 0 Å². The molecule has 0 unspecified atom stereocenters. The minimum atomic E-state index is 0.651. The summed E-state index contributed by atoms with van der Waals surface area (Å²) in [4.78, 5) is 5.12. The van der Waals surface area contributed by atoms with Crippen molar-refractivity contribution in [2.45, 2.75) is 19.4 Å². The highest BCUT2D eigenvalue weighted by molar-refractivity contribution is 6.33. The van der Waals surface area contributed by atoms with Crippen LogP contribution >= 0.6 is 11.6 Å². The van der Waals surface area contributed by atoms with Gasteiger partial charge in [-0.15, -0.1) is 0 Å². The van der Waals surface area contributed by atoms with Crippen LogP contribution in [0.25, 0.3) is 0 Å². The van der Waals surface area contributed by atoms with Gasteiger partial charge in [0.2, 0.25) is 0 Å². The van der Waals surface area contributed by atoms with E-state index in [1.165, 1.54) is 38.0 Å². The van der Waals surface area contributed by atoms with Crippen molar-refractivity contribution in [3.8, 4) is 0 Å². The van der Waals surface area contributed by atoms with E-state index in [1.807, 2.05) is 12.1 Å². The Balaban J connectivity index is 1.49. The second kappa shape index (κ2) is 5.70. The molecule has 1 heterocycles. The summed E-state index contributed by atoms with van der Waals surface area (Å²) >= 11 is 5.95. The van der Waals surface area contributed by atoms with Crippen molar-refractivity contribution in [2.24, 2.45) is 5.92 Å². The van der Waals surface area contributed by atoms with Gasteiger partial charge in [0.1, 0.15) is 0 Å². The summed E-state index contributed by atoms with van der Waals surface area (Å²) < 4.78 is 0. The minimum Gasteiger partial charge on any atom is -0.398 e. The summed E-state index contributed by atoms with van der Waals surface area (Å²) in [6, 6.07) is 5.98. The zero-order valence-electron chi connectivity index (χ0n) is 11.3. The number of anilines is 1. The molecule has 3 nitrogen and oxygen atoms in total. The third kappa shape index (κ3) is 3.62. The number of halogens is 1. The van der Waals surface area contributed by atoms with Gasteiger partial charge in [0, 0.05) is 39.3 Å². The standard InChI is InChI=1S/C15H22ClN3/c16-14-4-3-13(9-15(14)17)11-19-7-5-18(6-8-19)10-12-1-2-12/h3-4,9,12H,1-2,5-8,10-11,17H2. The van der Waals surface area contributed by atoms with Crippen molar-refractivity contribution in [2.75, 3.05) is 38.5 Å². The molecule has 2 N–H and O–H groups in total. The van der Waals surface area contributed by atoms with Crippen LogP contribution in [-0.4, -0.2) is 42.5 Å². The Morgan fingerprint density at radius 1 is 1.11 bits per heavy atom. The molecule has 4 heteroatoms. The molecular formula is C15H22ClN3. The normalized spacial score (nSPS) is 21.7. The Kier molecular flexibility index (Phi) is 3.96. The van der Waals surface area contributed by atoms with E-state index in [2.05, 4.69) is 15.9 Å². The van der Waals surface area contributed by atoms with Crippen LogP contribution in [-0.2, 0) is 6.54 Å². The van der Waals surface area contributed by atoms with Gasteiger partial charge in [0.15, 0.2) is 0 Å². The smallest absolute Gasteiger partial charge is 0.0635 e. The first kappa shape index (κ1) is 13.2. The molecule has 0 bridgehead atoms. The minimum absolute atomic E-state index is 0.651. The van der Waals surface area contributed by atoms with Crippen molar-refractivity contribution < 1.29 is 0 Å². The van der Waals surface area contributed by atoms with E-state index in [0.717, 1.165) is 25.6 Å². The van der Waals surface area contributed by atoms with Crippen LogP contribution in [0.4, 0.5) is 5.69 Å². The quantitative estimate of drug-likeness (QED) is 0.860. The average Bonchev–Trinajstić information content (AvgIpc) is 3.20. The van der Waals surface area contributed by atoms with Crippen LogP contribution in [0.3, 0.4) is 0 Å². The monoisotopic (exact) mass is 279 g/mol. The fourth-order valence-corrected chi connectivity index (χ4v) is 2.86. The largest absolute Gasteiger partial charge is 0.398 e. The van der Waals surface area contributed by atoms with E-state index in [0.29, 0.717) is 10.7 Å². The molecule has 0 radical (unpaired) electrons. The van der Waals surface area contributed by atoms with Gasteiger partial charge in [-0.1, -0.05) is 17.7 Å². The summed E-state index contributed by atoms with van der Waals surface area (Å²) in [7, 11) is 0. The number of rotatable bonds is 4. The molecule has 2 fully saturated rings. The fraction of sp³-hybridized carbons (Fsp3) is 0.600. The first-order valence-electron chi connectivity index (χ1n) is 7.19. The number of nitrogen functional groups attached to an aromatic ring is 1. The van der Waals surface area contributed by atoms with Crippen LogP contribution in [0.2, 0.25) is 5.02 Å². The predicted octanol–water partition coefficient (Wildman–Crippen LogP) is 2.45. The number of hydrogen-bond donors (Lipinski definition) is 1. The molecule has 1 aromatic rings. The van der Waals surface area contributed by atoms with Crippen LogP contribution in [0.15, 0.2) is 18.2 Å². The lowest BCUT2D eigenvalue weighted by molar-refractivity contribution is 0.123. The van der Waals surface area contributed by atoms with Crippen LogP contribution in [0.5, 0.6) is 0 Å². The number of nitrogens with zero attached hydrogens (tertiary/aromatic N) is 2. The molecule has 0 aromatic heterocycles. The third-order valence-electron chi connectivity index (χ3n) is 4.14. The molecule has 2 aliphatic rings. The highest BCUT2D eigenvalue weighted by atomic mass is 35.5. The molecule has 0 spiro atoms. The Labute approximate surface area is 120 Å². The zero-order chi connectivity index (χ0) is 13.2. The van der Waals surface area contributed by atoms with Crippen molar-refractivity contribution in [1.29, 1.82) is 0 Å². The van der Waals surface area contributed by atoms with E-state index in [4.69, 9.17) is 17.3 Å². The van der Waals surface area contributed by atoms with Gasteiger partial charge in [-0.05, 0) is 36.5 Å². The second-order valence-corrected chi connectivity index (χ2v) is 6.28. The van der Waals surface area contributed by atoms with Crippen molar-refractivity contribution in [1.82, 2.24) is 9.80 Å². The lowest BCUT2D eigenvalue weighted by atomic mass is 10.1. The molecule has 1 saturated heterocycles. The fourth-order valence-electron chi connectivity index (χ4n) is 2.75. The van der Waals surface area contributed by atoms with E-state index < -0.39 is 0 Å². The molecule has 3 rings (SSSR count). The first-order chi connectivity index (χ1) is 9.20. The van der Waals surface area contributed by atoms with Crippen LogP contribution in [0.1, 0.15) is 18.4 Å². The Morgan fingerprint density at radius 2 is 1.79 bits per heavy atom. The molecule has 0 atom stereocenters. The van der Waals surface area contributed by atoms with Crippen molar-refractivity contribution in [3.63, 3.8) is 0 Å². The first-order valence-corrected chi connectivity index (χ1v) is 7.57. The SMILES string of the molecule is Nc1cc(CN2CCN(CC3CC3)CC2)ccc1Cl. The maximum absolute atomic E-state index is 5.95. The van der Waals surface area contributed by atoms with Gasteiger partial charge >= 0.3 is 0 Å². The molecule has 1 saturated carbocycles. The molecule has 1 aliphatic heterocycles. The van der Waals surface area contributed by atoms with Gasteiger partial charge in [-0.25, -0.2) is 0 Å². The molecule has 104 valence electrons. The zero-order valence-corrected chi connectivity index (χ0v) is 12.1. The Morgan fingerprint density at radius 3 is 2.42 bits per heavy atom. The summed E-state index contributed by atoms with van der Waals surface area (Å²) in [5, 5.41) is 0.651. The lowest BCUT2D eigenvalue weighted by Crippen LogP contribution is -2.46. The summed E-state index contributed by atoms with van der Waals surface area (Å²) in [6.45, 7) is 7.05. The van der Waals surface area contributed by atoms with Crippen LogP contribution in [0, 0.1) is 5.92 Å². The number of nitrogens with two attached hydrogens (primary N) is 1. The van der Waals surface area contributed by atoms with Gasteiger partial charge in [0.25, 0.3) is 0 Å². The Hall–Kier alpha value is -0.770. The average molecular weight is 280 g/mol. The van der Waals surface area contributed by atoms with Gasteiger partial charge in [-0.3, -0.25) is 4.90 Å². The molecule has 1 aromatic carbocycles. The maximum Gasteiger partial charge on any atom is 0.0635 e. The highest BCUT2D eigenvalue weighted by Crippen LogP contribution is 2.30. The summed E-state index contributed by atoms with van der Waals surface area (Å²) in [5.41, 5.74) is 7.80. The van der Waals surface area contributed by atoms with E-state index in [9.17, 15) is 0 Å².